The summed E-state index contributed by atoms with van der Waals surface area (Å²) in [6.07, 6.45) is 0.711. The zero-order chi connectivity index (χ0) is 15.3. The Balaban J connectivity index is 2.05. The lowest BCUT2D eigenvalue weighted by Crippen LogP contribution is -2.13. The molecule has 0 heterocycles. The highest BCUT2D eigenvalue weighted by Crippen LogP contribution is 2.52. The highest BCUT2D eigenvalue weighted by molar-refractivity contribution is 7.58. The summed E-state index contributed by atoms with van der Waals surface area (Å²) in [6.45, 7) is 0. The predicted molar refractivity (Wildman–Crippen MR) is 84.8 cm³/mol. The van der Waals surface area contributed by atoms with Crippen LogP contribution in [0.15, 0.2) is 54.6 Å². The van der Waals surface area contributed by atoms with E-state index in [1.165, 1.54) is 0 Å². The molecule has 4 nitrogen and oxygen atoms in total. The van der Waals surface area contributed by atoms with Crippen LogP contribution in [0.1, 0.15) is 16.9 Å². The van der Waals surface area contributed by atoms with E-state index in [1.807, 2.05) is 30.3 Å². The van der Waals surface area contributed by atoms with Crippen molar-refractivity contribution in [3.8, 4) is 5.75 Å². The van der Waals surface area contributed by atoms with Crippen molar-refractivity contribution in [3.05, 3.63) is 65.7 Å². The van der Waals surface area contributed by atoms with E-state index in [0.29, 0.717) is 17.7 Å². The lowest BCUT2D eigenvalue weighted by Gasteiger charge is -2.20. The minimum Gasteiger partial charge on any atom is -0.497 e. The fraction of sp³-hybridized carbons (Fsp3) is 0.250. The van der Waals surface area contributed by atoms with E-state index in [4.69, 9.17) is 10.5 Å². The van der Waals surface area contributed by atoms with Crippen LogP contribution in [0, 0.1) is 0 Å². The van der Waals surface area contributed by atoms with E-state index in [0.717, 1.165) is 5.56 Å². The number of ether oxygens (including phenoxy) is 1. The number of benzene rings is 2. The van der Waals surface area contributed by atoms with E-state index in [-0.39, 0.29) is 6.16 Å². The topological polar surface area (TPSA) is 72.5 Å². The maximum atomic E-state index is 12.4. The average Bonchev–Trinajstić information content (AvgIpc) is 2.53. The molecule has 0 aromatic heterocycles. The minimum atomic E-state index is -3.46. The minimum absolute atomic E-state index is 0.171. The third-order valence-corrected chi connectivity index (χ3v) is 5.49. The maximum Gasteiger partial charge on any atom is 0.221 e. The van der Waals surface area contributed by atoms with Gasteiger partial charge in [-0.25, -0.2) is 0 Å². The fourth-order valence-corrected chi connectivity index (χ4v) is 3.60. The molecular formula is C16H20NO3P. The Labute approximate surface area is 125 Å². The van der Waals surface area contributed by atoms with E-state index >= 15 is 0 Å². The second-order valence-electron chi connectivity index (χ2n) is 4.93. The van der Waals surface area contributed by atoms with Crippen LogP contribution in [0.5, 0.6) is 5.75 Å². The zero-order valence-electron chi connectivity index (χ0n) is 12.0. The molecule has 2 atom stereocenters. The van der Waals surface area contributed by atoms with Gasteiger partial charge in [0, 0.05) is 6.16 Å². The number of nitrogens with two attached hydrogens (primary N) is 1. The van der Waals surface area contributed by atoms with Crippen molar-refractivity contribution in [2.24, 2.45) is 5.73 Å². The lowest BCUT2D eigenvalue weighted by atomic mass is 10.2. The third kappa shape index (κ3) is 4.18. The SMILES string of the molecule is COc1ccc([C@H](N)P(=O)(O)CCc2ccccc2)cc1. The molecule has 0 spiro atoms. The fourth-order valence-electron chi connectivity index (χ4n) is 2.11. The van der Waals surface area contributed by atoms with Crippen molar-refractivity contribution in [2.45, 2.75) is 12.2 Å². The van der Waals surface area contributed by atoms with Crippen molar-refractivity contribution < 1.29 is 14.2 Å². The van der Waals surface area contributed by atoms with Crippen LogP contribution in [-0.4, -0.2) is 18.2 Å². The molecule has 3 N–H and O–H groups in total. The zero-order valence-corrected chi connectivity index (χ0v) is 12.9. The number of hydrogen-bond donors (Lipinski definition) is 2. The van der Waals surface area contributed by atoms with Crippen LogP contribution in [0.4, 0.5) is 0 Å². The van der Waals surface area contributed by atoms with Gasteiger partial charge in [0.2, 0.25) is 7.37 Å². The van der Waals surface area contributed by atoms with Crippen molar-refractivity contribution in [2.75, 3.05) is 13.3 Å². The molecule has 0 bridgehead atoms. The van der Waals surface area contributed by atoms with Crippen molar-refractivity contribution >= 4 is 7.37 Å². The Morgan fingerprint density at radius 1 is 1.14 bits per heavy atom. The van der Waals surface area contributed by atoms with Crippen LogP contribution in [0.2, 0.25) is 0 Å². The summed E-state index contributed by atoms with van der Waals surface area (Å²) in [5.74, 6) is -0.171. The van der Waals surface area contributed by atoms with Gasteiger partial charge in [-0.15, -0.1) is 0 Å². The van der Waals surface area contributed by atoms with Gasteiger partial charge in [0.25, 0.3) is 0 Å². The first-order valence-electron chi connectivity index (χ1n) is 6.78. The molecule has 0 saturated heterocycles. The molecule has 2 aromatic carbocycles. The molecule has 0 fully saturated rings. The van der Waals surface area contributed by atoms with Crippen LogP contribution < -0.4 is 10.5 Å². The summed E-state index contributed by atoms with van der Waals surface area (Å²) in [5, 5.41) is 0. The summed E-state index contributed by atoms with van der Waals surface area (Å²) in [6, 6.07) is 16.6. The monoisotopic (exact) mass is 305 g/mol. The van der Waals surface area contributed by atoms with E-state index in [9.17, 15) is 9.46 Å². The lowest BCUT2D eigenvalue weighted by molar-refractivity contribution is 0.414. The third-order valence-electron chi connectivity index (χ3n) is 3.46. The van der Waals surface area contributed by atoms with Gasteiger partial charge in [-0.1, -0.05) is 42.5 Å². The van der Waals surface area contributed by atoms with E-state index < -0.39 is 13.2 Å². The predicted octanol–water partition coefficient (Wildman–Crippen LogP) is 3.17. The summed E-state index contributed by atoms with van der Waals surface area (Å²) in [4.78, 5) is 10.2. The van der Waals surface area contributed by atoms with Crippen molar-refractivity contribution in [3.63, 3.8) is 0 Å². The quantitative estimate of drug-likeness (QED) is 0.804. The molecule has 0 saturated carbocycles. The van der Waals surface area contributed by atoms with Gasteiger partial charge >= 0.3 is 0 Å². The Morgan fingerprint density at radius 3 is 2.33 bits per heavy atom. The molecule has 21 heavy (non-hydrogen) atoms. The second kappa shape index (κ2) is 6.90. The molecule has 1 unspecified atom stereocenters. The molecule has 2 rings (SSSR count). The van der Waals surface area contributed by atoms with Gasteiger partial charge in [0.1, 0.15) is 11.5 Å². The summed E-state index contributed by atoms with van der Waals surface area (Å²) >= 11 is 0. The van der Waals surface area contributed by atoms with E-state index in [2.05, 4.69) is 0 Å². The van der Waals surface area contributed by atoms with Crippen LogP contribution in [-0.2, 0) is 11.0 Å². The van der Waals surface area contributed by atoms with Gasteiger partial charge in [-0.05, 0) is 29.7 Å². The summed E-state index contributed by atoms with van der Waals surface area (Å²) in [5.41, 5.74) is 7.66. The largest absolute Gasteiger partial charge is 0.497 e. The highest BCUT2D eigenvalue weighted by Gasteiger charge is 2.28. The van der Waals surface area contributed by atoms with Crippen molar-refractivity contribution in [1.82, 2.24) is 0 Å². The molecule has 0 aliphatic rings. The Morgan fingerprint density at radius 2 is 1.76 bits per heavy atom. The van der Waals surface area contributed by atoms with Gasteiger partial charge in [-0.3, -0.25) is 4.57 Å². The molecule has 0 amide bonds. The molecule has 0 aliphatic heterocycles. The first-order valence-corrected chi connectivity index (χ1v) is 8.69. The summed E-state index contributed by atoms with van der Waals surface area (Å²) < 4.78 is 17.5. The molecule has 0 radical (unpaired) electrons. The second-order valence-corrected chi connectivity index (χ2v) is 7.45. The number of hydrogen-bond acceptors (Lipinski definition) is 3. The van der Waals surface area contributed by atoms with Crippen LogP contribution >= 0.6 is 7.37 Å². The maximum absolute atomic E-state index is 12.4. The normalized spacial score (nSPS) is 15.2. The molecule has 0 aliphatic carbocycles. The highest BCUT2D eigenvalue weighted by atomic mass is 31.2. The molecule has 112 valence electrons. The first-order chi connectivity index (χ1) is 10.0. The van der Waals surface area contributed by atoms with Crippen LogP contribution in [0.3, 0.4) is 0 Å². The first kappa shape index (κ1) is 15.8. The standard InChI is InChI=1S/C16H20NO3P/c1-20-15-9-7-14(8-10-15)16(17)21(18,19)12-11-13-5-3-2-4-6-13/h2-10,16H,11-12,17H2,1H3,(H,18,19)/t16-/m1/s1. The molecular weight excluding hydrogens is 285 g/mol. The van der Waals surface area contributed by atoms with Gasteiger partial charge < -0.3 is 15.4 Å². The smallest absolute Gasteiger partial charge is 0.221 e. The number of rotatable bonds is 6. The van der Waals surface area contributed by atoms with Gasteiger partial charge in [0.05, 0.1) is 7.11 Å². The van der Waals surface area contributed by atoms with Gasteiger partial charge in [0.15, 0.2) is 0 Å². The number of aryl methyl sites for hydroxylation is 1. The average molecular weight is 305 g/mol. The van der Waals surface area contributed by atoms with Gasteiger partial charge in [-0.2, -0.15) is 0 Å². The Bertz CT molecular complexity index is 613. The Hall–Kier alpha value is -1.61. The van der Waals surface area contributed by atoms with E-state index in [1.54, 1.807) is 31.4 Å². The summed E-state index contributed by atoms with van der Waals surface area (Å²) in [7, 11) is -1.88. The Kier molecular flexibility index (Phi) is 5.18. The number of methoxy groups -OCH3 is 1. The van der Waals surface area contributed by atoms with Crippen molar-refractivity contribution in [1.29, 1.82) is 0 Å². The molecule has 2 aromatic rings. The van der Waals surface area contributed by atoms with Crippen LogP contribution in [0.25, 0.3) is 0 Å². The molecule has 5 heteroatoms.